The van der Waals surface area contributed by atoms with E-state index < -0.39 is 47.5 Å². The third kappa shape index (κ3) is 18.0. The first-order valence-electron chi connectivity index (χ1n) is 20.1. The van der Waals surface area contributed by atoms with Crippen LogP contribution < -0.4 is 38.5 Å². The van der Waals surface area contributed by atoms with Gasteiger partial charge in [0.25, 0.3) is 5.91 Å². The van der Waals surface area contributed by atoms with Crippen LogP contribution in [0.5, 0.6) is 0 Å². The van der Waals surface area contributed by atoms with Crippen LogP contribution in [-0.2, 0) is 41.5 Å². The van der Waals surface area contributed by atoms with Crippen molar-refractivity contribution in [3.05, 3.63) is 70.5 Å². The summed E-state index contributed by atoms with van der Waals surface area (Å²) in [7, 11) is 1.24. The van der Waals surface area contributed by atoms with E-state index in [0.29, 0.717) is 25.8 Å². The number of aromatic nitrogens is 2. The fraction of sp³-hybridized carbons (Fsp3) is 0.452. The van der Waals surface area contributed by atoms with Gasteiger partial charge in [0.1, 0.15) is 17.7 Å². The third-order valence-corrected chi connectivity index (χ3v) is 9.37. The number of aryl methyl sites for hydroxylation is 2. The van der Waals surface area contributed by atoms with Gasteiger partial charge in [0.15, 0.2) is 28.4 Å². The maximum atomic E-state index is 12.9. The number of anilines is 2. The molecule has 0 fully saturated rings. The Balaban J connectivity index is 1.38. The van der Waals surface area contributed by atoms with Crippen LogP contribution in [0.1, 0.15) is 93.8 Å². The minimum Gasteiger partial charge on any atom is -0.481 e. The number of carbonyl (C=O) groups excluding carboxylic acids is 5. The molecule has 3 rings (SSSR count). The lowest BCUT2D eigenvalue weighted by molar-refractivity contribution is -0.145. The predicted molar refractivity (Wildman–Crippen MR) is 234 cm³/mol. The van der Waals surface area contributed by atoms with Crippen LogP contribution in [0.2, 0.25) is 5.15 Å². The van der Waals surface area contributed by atoms with Crippen LogP contribution in [0.25, 0.3) is 11.1 Å². The first-order chi connectivity index (χ1) is 29.3. The van der Waals surface area contributed by atoms with Crippen LogP contribution in [0.15, 0.2) is 53.5 Å². The molecule has 19 nitrogen and oxygen atoms in total. The number of methoxy groups -OCH3 is 1. The summed E-state index contributed by atoms with van der Waals surface area (Å²) in [6, 6.07) is 14.1. The van der Waals surface area contributed by atoms with E-state index in [1.54, 1.807) is 20.8 Å². The largest absolute Gasteiger partial charge is 0.481 e. The van der Waals surface area contributed by atoms with Gasteiger partial charge in [0.05, 0.1) is 7.11 Å². The minimum atomic E-state index is -1.11. The second-order valence-electron chi connectivity index (χ2n) is 15.3. The van der Waals surface area contributed by atoms with E-state index >= 15 is 0 Å². The number of aliphatic imine (C=N–C) groups is 1. The summed E-state index contributed by atoms with van der Waals surface area (Å²) < 4.78 is 10.1. The number of guanidine groups is 1. The number of alkyl carbamates (subject to hydrolysis) is 1. The summed E-state index contributed by atoms with van der Waals surface area (Å²) in [6.07, 6.45) is 2.86. The first kappa shape index (κ1) is 49.9. The third-order valence-electron chi connectivity index (χ3n) is 9.09. The molecule has 1 aromatic heterocycles. The molecule has 336 valence electrons. The van der Waals surface area contributed by atoms with Crippen molar-refractivity contribution in [2.45, 2.75) is 103 Å². The van der Waals surface area contributed by atoms with Gasteiger partial charge >= 0.3 is 18.0 Å². The molecule has 3 aromatic rings. The van der Waals surface area contributed by atoms with Crippen molar-refractivity contribution in [3.8, 4) is 11.1 Å². The fourth-order valence-corrected chi connectivity index (χ4v) is 6.03. The molecule has 20 heteroatoms. The lowest BCUT2D eigenvalue weighted by Crippen LogP contribution is -2.48. The number of halogens is 1. The molecule has 0 saturated carbocycles. The first-order valence-corrected chi connectivity index (χ1v) is 20.5. The Morgan fingerprint density at radius 2 is 1.44 bits per heavy atom. The number of esters is 1. The summed E-state index contributed by atoms with van der Waals surface area (Å²) in [5, 5.41) is 19.2. The molecule has 0 aliphatic rings. The van der Waals surface area contributed by atoms with Gasteiger partial charge in [-0.3, -0.25) is 29.5 Å². The summed E-state index contributed by atoms with van der Waals surface area (Å²) in [5.74, 6) is -3.62. The number of unbranched alkanes of at least 4 members (excludes halogenated alkanes) is 2. The van der Waals surface area contributed by atoms with E-state index in [0.717, 1.165) is 41.5 Å². The number of hydrogen-bond acceptors (Lipinski definition) is 13. The monoisotopic (exact) mass is 880 g/mol. The second-order valence-corrected chi connectivity index (χ2v) is 15.6. The van der Waals surface area contributed by atoms with Crippen LogP contribution in [0.4, 0.5) is 16.4 Å². The molecule has 2 atom stereocenters. The lowest BCUT2D eigenvalue weighted by Gasteiger charge is -2.23. The van der Waals surface area contributed by atoms with Crippen LogP contribution in [-0.4, -0.2) is 94.7 Å². The van der Waals surface area contributed by atoms with Gasteiger partial charge in [-0.2, -0.15) is 0 Å². The van der Waals surface area contributed by atoms with Crippen LogP contribution in [0, 0.1) is 0 Å². The van der Waals surface area contributed by atoms with Crippen molar-refractivity contribution >= 4 is 64.9 Å². The number of carbonyl (C=O) groups is 6. The van der Waals surface area contributed by atoms with Crippen molar-refractivity contribution < 1.29 is 43.3 Å². The maximum absolute atomic E-state index is 12.9. The number of nitrogens with zero attached hydrogens (tertiary/aromatic N) is 3. The Morgan fingerprint density at radius 3 is 2.03 bits per heavy atom. The Kier molecular flexibility index (Phi) is 19.8. The van der Waals surface area contributed by atoms with Crippen molar-refractivity contribution in [2.75, 3.05) is 31.7 Å². The topological polar surface area (TPSA) is 305 Å². The molecule has 0 bridgehead atoms. The number of nitrogens with one attached hydrogen (secondary N) is 4. The van der Waals surface area contributed by atoms with Crippen molar-refractivity contribution in [1.29, 1.82) is 0 Å². The lowest BCUT2D eigenvalue weighted by atomic mass is 9.99. The van der Waals surface area contributed by atoms with Crippen molar-refractivity contribution in [2.24, 2.45) is 10.7 Å². The summed E-state index contributed by atoms with van der Waals surface area (Å²) >= 11 is 5.83. The number of hydrogen-bond donors (Lipinski definition) is 8. The molecule has 2 aromatic carbocycles. The number of nitrogen functional groups attached to an aromatic ring is 2. The average molecular weight is 881 g/mol. The maximum Gasteiger partial charge on any atom is 0.408 e. The molecule has 0 unspecified atom stereocenters. The Morgan fingerprint density at radius 1 is 0.806 bits per heavy atom. The van der Waals surface area contributed by atoms with E-state index in [1.807, 2.05) is 36.4 Å². The SMILES string of the molecule is COC(=O)[C@H](CCCCNC(=O)[C@H](CCC(=O)O)NC(=O)OC(C)(C)C)NC(=O)CCc1ccc(-c2ccc(CCCCN=C(N)NC(=O)c3nc(Cl)c(N)nc3N)cc2)cc1. The molecule has 0 aliphatic carbocycles. The smallest absolute Gasteiger partial charge is 0.408 e. The summed E-state index contributed by atoms with van der Waals surface area (Å²) in [4.78, 5) is 85.5. The van der Waals surface area contributed by atoms with Gasteiger partial charge in [-0.25, -0.2) is 19.6 Å². The van der Waals surface area contributed by atoms with Gasteiger partial charge in [0.2, 0.25) is 11.8 Å². The van der Waals surface area contributed by atoms with E-state index in [-0.39, 0.29) is 66.6 Å². The molecule has 1 heterocycles. The summed E-state index contributed by atoms with van der Waals surface area (Å²) in [5.41, 5.74) is 20.2. The van der Waals surface area contributed by atoms with E-state index in [4.69, 9.17) is 43.4 Å². The Hall–Kier alpha value is -6.50. The van der Waals surface area contributed by atoms with E-state index in [9.17, 15) is 28.8 Å². The highest BCUT2D eigenvalue weighted by atomic mass is 35.5. The minimum absolute atomic E-state index is 0.0818. The molecule has 4 amide bonds. The Bertz CT molecular complexity index is 2040. The quantitative estimate of drug-likeness (QED) is 0.0309. The molecule has 0 spiro atoms. The average Bonchev–Trinajstić information content (AvgIpc) is 3.21. The van der Waals surface area contributed by atoms with Gasteiger partial charge in [-0.15, -0.1) is 0 Å². The highest BCUT2D eigenvalue weighted by molar-refractivity contribution is 6.31. The number of carboxylic acid groups (broad SMARTS) is 1. The Labute approximate surface area is 365 Å². The highest BCUT2D eigenvalue weighted by Crippen LogP contribution is 2.22. The molecule has 0 saturated heterocycles. The van der Waals surface area contributed by atoms with Crippen LogP contribution >= 0.6 is 11.6 Å². The molecule has 11 N–H and O–H groups in total. The van der Waals surface area contributed by atoms with E-state index in [2.05, 4.69) is 48.4 Å². The second kappa shape index (κ2) is 24.7. The van der Waals surface area contributed by atoms with Gasteiger partial charge in [-0.05, 0) is 94.4 Å². The zero-order valence-corrected chi connectivity index (χ0v) is 36.2. The molecule has 62 heavy (non-hydrogen) atoms. The molecule has 0 radical (unpaired) electrons. The highest BCUT2D eigenvalue weighted by Gasteiger charge is 2.26. The fourth-order valence-electron chi connectivity index (χ4n) is 5.90. The number of nitrogens with two attached hydrogens (primary N) is 3. The zero-order chi connectivity index (χ0) is 45.8. The predicted octanol–water partition coefficient (Wildman–Crippen LogP) is 3.66. The number of amides is 4. The number of ether oxygens (including phenoxy) is 2. The van der Waals surface area contributed by atoms with Gasteiger partial charge in [-0.1, -0.05) is 60.1 Å². The van der Waals surface area contributed by atoms with Gasteiger partial charge in [0, 0.05) is 25.9 Å². The number of carboxylic acids is 1. The summed E-state index contributed by atoms with van der Waals surface area (Å²) in [6.45, 7) is 5.59. The molecular formula is C42H57ClN10O9. The number of benzene rings is 2. The normalized spacial score (nSPS) is 12.4. The van der Waals surface area contributed by atoms with E-state index in [1.165, 1.54) is 7.11 Å². The standard InChI is InChI=1S/C42H57ClN10O9/c1-42(2,3)62-41(60)50-29(20-22-32(55)56)37(57)47-23-8-6-10-30(39(59)61-4)49-31(54)21-15-26-13-18-28(19-14-26)27-16-11-25(12-17-27)9-5-7-24-48-40(46)53-38(58)33-35(44)52-36(45)34(43)51-33/h11-14,16-19,29-30H,5-10,15,20-24H2,1-4H3,(H,47,57)(H,49,54)(H,50,60)(H,55,56)(H4,44,45,52)(H3,46,48,53,58)/t29-,30-/m0/s1. The van der Waals surface area contributed by atoms with Crippen LogP contribution in [0.3, 0.4) is 0 Å². The van der Waals surface area contributed by atoms with Crippen molar-refractivity contribution in [3.63, 3.8) is 0 Å². The number of rotatable bonds is 22. The van der Waals surface area contributed by atoms with Crippen molar-refractivity contribution in [1.82, 2.24) is 31.2 Å². The zero-order valence-electron chi connectivity index (χ0n) is 35.4. The number of aliphatic carboxylic acids is 1. The molecule has 0 aliphatic heterocycles. The van der Waals surface area contributed by atoms with Gasteiger partial charge < -0.3 is 47.7 Å². The molecular weight excluding hydrogens is 824 g/mol.